The van der Waals surface area contributed by atoms with E-state index in [0.717, 1.165) is 0 Å². The van der Waals surface area contributed by atoms with Crippen molar-refractivity contribution in [3.63, 3.8) is 0 Å². The number of rotatable bonds is 6. The Morgan fingerprint density at radius 3 is 2.20 bits per heavy atom. The minimum Gasteiger partial charge on any atom is -0.354 e. The van der Waals surface area contributed by atoms with Crippen LogP contribution in [0.25, 0.3) is 0 Å². The molecule has 1 amide bonds. The monoisotopic (exact) mass is 215 g/mol. The first-order chi connectivity index (χ1) is 6.84. The van der Waals surface area contributed by atoms with E-state index in [4.69, 9.17) is 5.73 Å². The summed E-state index contributed by atoms with van der Waals surface area (Å²) in [5.74, 6) is 0.563. The predicted octanol–water partition coefficient (Wildman–Crippen LogP) is 0.426. The summed E-state index contributed by atoms with van der Waals surface area (Å²) in [6.07, 6.45) is 0.401. The van der Waals surface area contributed by atoms with E-state index < -0.39 is 0 Å². The summed E-state index contributed by atoms with van der Waals surface area (Å²) in [6, 6.07) is 0.309. The van der Waals surface area contributed by atoms with Crippen molar-refractivity contribution in [3.05, 3.63) is 0 Å². The van der Waals surface area contributed by atoms with E-state index in [9.17, 15) is 4.79 Å². The van der Waals surface area contributed by atoms with Gasteiger partial charge in [0.25, 0.3) is 0 Å². The topological polar surface area (TPSA) is 58.4 Å². The van der Waals surface area contributed by atoms with Crippen LogP contribution in [0.3, 0.4) is 0 Å². The molecule has 4 heteroatoms. The molecule has 2 unspecified atom stereocenters. The van der Waals surface area contributed by atoms with Gasteiger partial charge in [-0.25, -0.2) is 0 Å². The van der Waals surface area contributed by atoms with Gasteiger partial charge < -0.3 is 16.0 Å². The van der Waals surface area contributed by atoms with Gasteiger partial charge in [-0.15, -0.1) is 0 Å². The molecule has 0 aromatic carbocycles. The van der Waals surface area contributed by atoms with Crippen LogP contribution in [0.4, 0.5) is 0 Å². The van der Waals surface area contributed by atoms with Crippen LogP contribution in [0, 0.1) is 5.92 Å². The Labute approximate surface area is 93.2 Å². The second-order valence-electron chi connectivity index (χ2n) is 4.76. The molecular weight excluding hydrogens is 190 g/mol. The lowest BCUT2D eigenvalue weighted by Crippen LogP contribution is -2.44. The molecule has 0 aromatic rings. The van der Waals surface area contributed by atoms with E-state index in [-0.39, 0.29) is 11.9 Å². The fraction of sp³-hybridized carbons (Fsp3) is 0.909. The van der Waals surface area contributed by atoms with Gasteiger partial charge in [-0.05, 0) is 26.9 Å². The van der Waals surface area contributed by atoms with Crippen LogP contribution in [0.1, 0.15) is 27.2 Å². The number of likely N-dealkylation sites (N-methyl/N-ethyl adjacent to an activating group) is 1. The van der Waals surface area contributed by atoms with E-state index in [2.05, 4.69) is 24.1 Å². The van der Waals surface area contributed by atoms with Crippen molar-refractivity contribution in [1.29, 1.82) is 0 Å². The fourth-order valence-corrected chi connectivity index (χ4v) is 1.60. The molecule has 0 spiro atoms. The molecule has 2 atom stereocenters. The summed E-state index contributed by atoms with van der Waals surface area (Å²) < 4.78 is 0. The largest absolute Gasteiger partial charge is 0.354 e. The molecule has 0 aliphatic carbocycles. The maximum Gasteiger partial charge on any atom is 0.221 e. The molecule has 0 saturated heterocycles. The number of nitrogens with zero attached hydrogens (tertiary/aromatic N) is 1. The Kier molecular flexibility index (Phi) is 6.52. The number of nitrogens with one attached hydrogen (secondary N) is 1. The minimum atomic E-state index is -0.0677. The van der Waals surface area contributed by atoms with Gasteiger partial charge in [0.15, 0.2) is 0 Å². The molecule has 4 nitrogen and oxygen atoms in total. The van der Waals surface area contributed by atoms with Crippen LogP contribution in [-0.2, 0) is 4.79 Å². The number of carbonyl (C=O) groups is 1. The highest BCUT2D eigenvalue weighted by Gasteiger charge is 2.16. The maximum atomic E-state index is 11.4. The van der Waals surface area contributed by atoms with Crippen LogP contribution >= 0.6 is 0 Å². The molecule has 0 radical (unpaired) electrons. The zero-order valence-electron chi connectivity index (χ0n) is 10.6. The van der Waals surface area contributed by atoms with Crippen molar-refractivity contribution in [3.8, 4) is 0 Å². The van der Waals surface area contributed by atoms with Crippen LogP contribution in [0.5, 0.6) is 0 Å². The maximum absolute atomic E-state index is 11.4. The molecule has 90 valence electrons. The Morgan fingerprint density at radius 2 is 1.87 bits per heavy atom. The van der Waals surface area contributed by atoms with E-state index in [1.165, 1.54) is 0 Å². The van der Waals surface area contributed by atoms with Gasteiger partial charge >= 0.3 is 0 Å². The van der Waals surface area contributed by atoms with Gasteiger partial charge in [-0.3, -0.25) is 4.79 Å². The summed E-state index contributed by atoms with van der Waals surface area (Å²) >= 11 is 0. The Balaban J connectivity index is 3.95. The molecule has 0 saturated carbocycles. The van der Waals surface area contributed by atoms with Crippen molar-refractivity contribution in [2.75, 3.05) is 20.6 Å². The molecule has 15 heavy (non-hydrogen) atoms. The van der Waals surface area contributed by atoms with Crippen molar-refractivity contribution in [2.24, 2.45) is 11.7 Å². The fourth-order valence-electron chi connectivity index (χ4n) is 1.60. The zero-order chi connectivity index (χ0) is 12.0. The molecule has 0 heterocycles. The minimum absolute atomic E-state index is 0.0394. The molecule has 0 rings (SSSR count). The smallest absolute Gasteiger partial charge is 0.221 e. The lowest BCUT2D eigenvalue weighted by molar-refractivity contribution is -0.121. The quantitative estimate of drug-likeness (QED) is 0.675. The standard InChI is InChI=1S/C11H25N3O/c1-8(2)10(14(4)5)7-13-11(15)6-9(3)12/h8-10H,6-7,12H2,1-5H3,(H,13,15). The van der Waals surface area contributed by atoms with Crippen molar-refractivity contribution >= 4 is 5.91 Å². The number of hydrogen-bond acceptors (Lipinski definition) is 3. The Morgan fingerprint density at radius 1 is 1.33 bits per heavy atom. The molecular formula is C11H25N3O. The second kappa shape index (κ2) is 6.80. The summed E-state index contributed by atoms with van der Waals surface area (Å²) in [7, 11) is 4.06. The lowest BCUT2D eigenvalue weighted by Gasteiger charge is -2.28. The average Bonchev–Trinajstić information content (AvgIpc) is 2.00. The number of carbonyl (C=O) groups excluding carboxylic acids is 1. The molecule has 0 aliphatic heterocycles. The third-order valence-electron chi connectivity index (χ3n) is 2.45. The van der Waals surface area contributed by atoms with Crippen molar-refractivity contribution in [1.82, 2.24) is 10.2 Å². The number of hydrogen-bond donors (Lipinski definition) is 2. The SMILES string of the molecule is CC(N)CC(=O)NCC(C(C)C)N(C)C. The highest BCUT2D eigenvalue weighted by atomic mass is 16.1. The molecule has 0 aromatic heterocycles. The summed E-state index contributed by atoms with van der Waals surface area (Å²) in [4.78, 5) is 13.5. The second-order valence-corrected chi connectivity index (χ2v) is 4.76. The van der Waals surface area contributed by atoms with Crippen LogP contribution < -0.4 is 11.1 Å². The third kappa shape index (κ3) is 6.47. The first kappa shape index (κ1) is 14.4. The summed E-state index contributed by atoms with van der Waals surface area (Å²) in [5, 5.41) is 2.92. The van der Waals surface area contributed by atoms with Crippen molar-refractivity contribution in [2.45, 2.75) is 39.3 Å². The number of nitrogens with two attached hydrogens (primary N) is 1. The average molecular weight is 215 g/mol. The van der Waals surface area contributed by atoms with Gasteiger partial charge in [0.05, 0.1) is 0 Å². The third-order valence-corrected chi connectivity index (χ3v) is 2.45. The summed E-state index contributed by atoms with van der Waals surface area (Å²) in [6.45, 7) is 6.84. The van der Waals surface area contributed by atoms with Crippen molar-refractivity contribution < 1.29 is 4.79 Å². The van der Waals surface area contributed by atoms with Gasteiger partial charge in [0, 0.05) is 25.0 Å². The van der Waals surface area contributed by atoms with Gasteiger partial charge in [-0.2, -0.15) is 0 Å². The molecule has 0 bridgehead atoms. The molecule has 0 fully saturated rings. The van der Waals surface area contributed by atoms with Crippen LogP contribution in [0.2, 0.25) is 0 Å². The molecule has 3 N–H and O–H groups in total. The van der Waals surface area contributed by atoms with Gasteiger partial charge in [-0.1, -0.05) is 13.8 Å². The summed E-state index contributed by atoms with van der Waals surface area (Å²) in [5.41, 5.74) is 5.55. The lowest BCUT2D eigenvalue weighted by atomic mass is 10.0. The van der Waals surface area contributed by atoms with Gasteiger partial charge in [0.1, 0.15) is 0 Å². The molecule has 0 aliphatic rings. The number of amides is 1. The van der Waals surface area contributed by atoms with Crippen LogP contribution in [-0.4, -0.2) is 43.5 Å². The highest BCUT2D eigenvalue weighted by molar-refractivity contribution is 5.76. The van der Waals surface area contributed by atoms with E-state index in [0.29, 0.717) is 24.9 Å². The van der Waals surface area contributed by atoms with Gasteiger partial charge in [0.2, 0.25) is 5.91 Å². The predicted molar refractivity (Wildman–Crippen MR) is 63.6 cm³/mol. The normalized spacial score (nSPS) is 15.5. The highest BCUT2D eigenvalue weighted by Crippen LogP contribution is 2.05. The zero-order valence-corrected chi connectivity index (χ0v) is 10.6. The van der Waals surface area contributed by atoms with E-state index >= 15 is 0 Å². The first-order valence-electron chi connectivity index (χ1n) is 5.53. The Hall–Kier alpha value is -0.610. The Bertz CT molecular complexity index is 182. The first-order valence-corrected chi connectivity index (χ1v) is 5.53. The van der Waals surface area contributed by atoms with Crippen LogP contribution in [0.15, 0.2) is 0 Å². The van der Waals surface area contributed by atoms with E-state index in [1.54, 1.807) is 0 Å². The van der Waals surface area contributed by atoms with E-state index in [1.807, 2.05) is 21.0 Å².